The van der Waals surface area contributed by atoms with E-state index in [1.807, 2.05) is 0 Å². The van der Waals surface area contributed by atoms with Crippen LogP contribution in [0.3, 0.4) is 0 Å². The maximum absolute atomic E-state index is 9.95. The molecular weight excluding hydrogens is 204 g/mol. The van der Waals surface area contributed by atoms with Crippen LogP contribution < -0.4 is 0 Å². The van der Waals surface area contributed by atoms with Gasteiger partial charge in [0.05, 0.1) is 5.60 Å². The molecule has 0 aromatic carbocycles. The molecule has 1 rings (SSSR count). The molecule has 2 N–H and O–H groups in total. The Morgan fingerprint density at radius 3 is 1.81 bits per heavy atom. The zero-order valence-corrected chi connectivity index (χ0v) is 10.6. The summed E-state index contributed by atoms with van der Waals surface area (Å²) >= 11 is 0. The van der Waals surface area contributed by atoms with Crippen LogP contribution in [0.15, 0.2) is 12.2 Å². The van der Waals surface area contributed by atoms with Gasteiger partial charge in [0.15, 0.2) is 0 Å². The molecule has 1 fully saturated rings. The van der Waals surface area contributed by atoms with Crippen LogP contribution >= 0.6 is 0 Å². The fourth-order valence-corrected chi connectivity index (χ4v) is 1.74. The van der Waals surface area contributed by atoms with Crippen molar-refractivity contribution in [2.45, 2.75) is 58.5 Å². The highest BCUT2D eigenvalue weighted by Gasteiger charge is 2.31. The second-order valence-electron chi connectivity index (χ2n) is 4.90. The van der Waals surface area contributed by atoms with Crippen molar-refractivity contribution in [1.29, 1.82) is 0 Å². The van der Waals surface area contributed by atoms with Crippen LogP contribution in [0.2, 0.25) is 0 Å². The van der Waals surface area contributed by atoms with Crippen molar-refractivity contribution in [3.63, 3.8) is 0 Å². The smallest absolute Gasteiger partial charge is 0.330 e. The highest BCUT2D eigenvalue weighted by atomic mass is 16.4. The Kier molecular flexibility index (Phi) is 6.34. The van der Waals surface area contributed by atoms with Gasteiger partial charge in [-0.05, 0) is 25.7 Å². The summed E-state index contributed by atoms with van der Waals surface area (Å²) in [6.45, 7) is 8.83. The van der Waals surface area contributed by atoms with Gasteiger partial charge in [-0.1, -0.05) is 39.7 Å². The second-order valence-corrected chi connectivity index (χ2v) is 4.90. The van der Waals surface area contributed by atoms with Crippen LogP contribution in [-0.2, 0) is 4.79 Å². The van der Waals surface area contributed by atoms with Crippen LogP contribution in [-0.4, -0.2) is 21.8 Å². The maximum atomic E-state index is 9.95. The normalized spacial score (nSPS) is 18.6. The van der Waals surface area contributed by atoms with E-state index in [2.05, 4.69) is 20.4 Å². The van der Waals surface area contributed by atoms with E-state index in [1.165, 1.54) is 26.2 Å². The van der Waals surface area contributed by atoms with Gasteiger partial charge in [0.25, 0.3) is 0 Å². The van der Waals surface area contributed by atoms with E-state index in [0.29, 0.717) is 5.92 Å². The summed E-state index contributed by atoms with van der Waals surface area (Å²) in [7, 11) is 0. The molecule has 0 atom stereocenters. The molecule has 0 aliphatic heterocycles. The molecule has 1 saturated carbocycles. The van der Waals surface area contributed by atoms with E-state index in [0.717, 1.165) is 12.8 Å². The van der Waals surface area contributed by atoms with Gasteiger partial charge in [0.2, 0.25) is 0 Å². The Labute approximate surface area is 98.2 Å². The van der Waals surface area contributed by atoms with Gasteiger partial charge >= 0.3 is 5.97 Å². The lowest BCUT2D eigenvalue weighted by molar-refractivity contribution is -0.132. The molecule has 0 amide bonds. The minimum Gasteiger partial charge on any atom is -0.478 e. The van der Waals surface area contributed by atoms with E-state index in [-0.39, 0.29) is 11.2 Å². The summed E-state index contributed by atoms with van der Waals surface area (Å²) < 4.78 is 0. The van der Waals surface area contributed by atoms with E-state index >= 15 is 0 Å². The summed E-state index contributed by atoms with van der Waals surface area (Å²) in [5.74, 6) is -0.497. The van der Waals surface area contributed by atoms with Crippen molar-refractivity contribution in [2.75, 3.05) is 0 Å². The van der Waals surface area contributed by atoms with Crippen molar-refractivity contribution >= 4 is 5.97 Å². The van der Waals surface area contributed by atoms with Crippen LogP contribution in [0.5, 0.6) is 0 Å². The lowest BCUT2D eigenvalue weighted by Crippen LogP contribution is -2.36. The standard InChI is InChI=1S/C9H18O.C4H6O2/c1-8(2)9(10)6-4-3-5-7-9;1-3(2)4(5)6/h8,10H,3-7H2,1-2H3;1H2,2H3,(H,5,6). The lowest BCUT2D eigenvalue weighted by Gasteiger charge is -2.35. The predicted octanol–water partition coefficient (Wildman–Crippen LogP) is 2.98. The third-order valence-corrected chi connectivity index (χ3v) is 3.16. The van der Waals surface area contributed by atoms with Crippen molar-refractivity contribution in [2.24, 2.45) is 5.92 Å². The summed E-state index contributed by atoms with van der Waals surface area (Å²) in [5, 5.41) is 17.8. The minimum absolute atomic E-state index is 0.176. The van der Waals surface area contributed by atoms with Gasteiger partial charge in [-0.3, -0.25) is 0 Å². The van der Waals surface area contributed by atoms with E-state index < -0.39 is 5.97 Å². The number of hydrogen-bond donors (Lipinski definition) is 2. The molecule has 94 valence electrons. The van der Waals surface area contributed by atoms with Crippen molar-refractivity contribution in [3.8, 4) is 0 Å². The third kappa shape index (κ3) is 5.31. The molecule has 0 radical (unpaired) electrons. The van der Waals surface area contributed by atoms with Gasteiger partial charge in [-0.2, -0.15) is 0 Å². The maximum Gasteiger partial charge on any atom is 0.330 e. The fourth-order valence-electron chi connectivity index (χ4n) is 1.74. The molecule has 1 aliphatic carbocycles. The number of aliphatic carboxylic acids is 1. The second kappa shape index (κ2) is 6.69. The molecule has 3 nitrogen and oxygen atoms in total. The van der Waals surface area contributed by atoms with Crippen molar-refractivity contribution < 1.29 is 15.0 Å². The summed E-state index contributed by atoms with van der Waals surface area (Å²) in [5.41, 5.74) is -0.145. The SMILES string of the molecule is C=C(C)C(=O)O.CC(C)C1(O)CCCCC1. The van der Waals surface area contributed by atoms with Crippen LogP contribution in [0.25, 0.3) is 0 Å². The first-order chi connectivity index (χ1) is 7.29. The molecule has 0 bridgehead atoms. The number of carbonyl (C=O) groups is 1. The molecule has 3 heteroatoms. The van der Waals surface area contributed by atoms with Crippen LogP contribution in [0, 0.1) is 5.92 Å². The fraction of sp³-hybridized carbons (Fsp3) is 0.769. The molecular formula is C13H24O3. The lowest BCUT2D eigenvalue weighted by atomic mass is 9.77. The summed E-state index contributed by atoms with van der Waals surface area (Å²) in [4.78, 5) is 9.60. The Morgan fingerprint density at radius 1 is 1.25 bits per heavy atom. The Hall–Kier alpha value is -0.830. The van der Waals surface area contributed by atoms with Gasteiger partial charge < -0.3 is 10.2 Å². The van der Waals surface area contributed by atoms with Crippen LogP contribution in [0.1, 0.15) is 52.9 Å². The Morgan fingerprint density at radius 2 is 1.62 bits per heavy atom. The zero-order valence-electron chi connectivity index (χ0n) is 10.6. The van der Waals surface area contributed by atoms with Crippen molar-refractivity contribution in [1.82, 2.24) is 0 Å². The average molecular weight is 228 g/mol. The molecule has 1 aliphatic rings. The molecule has 16 heavy (non-hydrogen) atoms. The third-order valence-electron chi connectivity index (χ3n) is 3.16. The van der Waals surface area contributed by atoms with Gasteiger partial charge in [0, 0.05) is 5.57 Å². The monoisotopic (exact) mass is 228 g/mol. The van der Waals surface area contributed by atoms with E-state index in [1.54, 1.807) is 0 Å². The van der Waals surface area contributed by atoms with Gasteiger partial charge in [0.1, 0.15) is 0 Å². The topological polar surface area (TPSA) is 57.5 Å². The first-order valence-electron chi connectivity index (χ1n) is 5.91. The van der Waals surface area contributed by atoms with Crippen molar-refractivity contribution in [3.05, 3.63) is 12.2 Å². The number of hydrogen-bond acceptors (Lipinski definition) is 2. The molecule has 0 unspecified atom stereocenters. The molecule has 0 aromatic rings. The first-order valence-corrected chi connectivity index (χ1v) is 5.91. The number of carboxylic acid groups (broad SMARTS) is 1. The largest absolute Gasteiger partial charge is 0.478 e. The highest BCUT2D eigenvalue weighted by Crippen LogP contribution is 2.33. The average Bonchev–Trinajstić information content (AvgIpc) is 2.19. The molecule has 0 spiro atoms. The minimum atomic E-state index is -0.935. The first kappa shape index (κ1) is 15.2. The molecule has 0 saturated heterocycles. The number of rotatable bonds is 2. The number of carboxylic acids is 1. The highest BCUT2D eigenvalue weighted by molar-refractivity contribution is 5.84. The van der Waals surface area contributed by atoms with Gasteiger partial charge in [-0.25, -0.2) is 4.79 Å². The van der Waals surface area contributed by atoms with Crippen LogP contribution in [0.4, 0.5) is 0 Å². The number of aliphatic hydroxyl groups is 1. The predicted molar refractivity (Wildman–Crippen MR) is 65.3 cm³/mol. The Bertz CT molecular complexity index is 226. The van der Waals surface area contributed by atoms with E-state index in [9.17, 15) is 9.90 Å². The Balaban J connectivity index is 0.000000325. The zero-order chi connectivity index (χ0) is 12.8. The quantitative estimate of drug-likeness (QED) is 0.714. The van der Waals surface area contributed by atoms with Gasteiger partial charge in [-0.15, -0.1) is 0 Å². The molecule has 0 aromatic heterocycles. The molecule has 0 heterocycles. The summed E-state index contributed by atoms with van der Waals surface area (Å²) in [6.07, 6.45) is 5.79. The summed E-state index contributed by atoms with van der Waals surface area (Å²) in [6, 6.07) is 0. The van der Waals surface area contributed by atoms with E-state index in [4.69, 9.17) is 5.11 Å².